The summed E-state index contributed by atoms with van der Waals surface area (Å²) in [5, 5.41) is 1.38. The van der Waals surface area contributed by atoms with Gasteiger partial charge in [0.05, 0.1) is 0 Å². The van der Waals surface area contributed by atoms with Crippen LogP contribution in [-0.4, -0.2) is 34.0 Å². The van der Waals surface area contributed by atoms with Crippen LogP contribution in [-0.2, 0) is 12.4 Å². The summed E-state index contributed by atoms with van der Waals surface area (Å²) in [7, 11) is 2.83. The number of aromatic nitrogens is 4. The second-order valence-electron chi connectivity index (χ2n) is 4.08. The molecule has 15 heteroatoms. The summed E-state index contributed by atoms with van der Waals surface area (Å²) >= 11 is 10.5. The molecule has 2 aromatic rings. The monoisotopic (exact) mass is 531 g/mol. The maximum atomic E-state index is 12.2. The first-order valence-electron chi connectivity index (χ1n) is 8.56. The van der Waals surface area contributed by atoms with Gasteiger partial charge in [0.25, 0.3) is 0 Å². The van der Waals surface area contributed by atoms with Gasteiger partial charge in [0.1, 0.15) is 22.1 Å². The van der Waals surface area contributed by atoms with E-state index in [2.05, 4.69) is 31.0 Å². The van der Waals surface area contributed by atoms with Crippen molar-refractivity contribution in [3.8, 4) is 0 Å². The van der Waals surface area contributed by atoms with Crippen molar-refractivity contribution in [3.05, 3.63) is 34.0 Å². The smallest absolute Gasteiger partial charge is 0.372 e. The molecule has 33 heavy (non-hydrogen) atoms. The Hall–Kier alpha value is -2.12. The normalized spacial score (nSPS) is 9.30. The number of nitrogens with two attached hydrogens (primary N) is 2. The van der Waals surface area contributed by atoms with E-state index in [9.17, 15) is 26.3 Å². The molecule has 0 radical (unpaired) electrons. The van der Waals surface area contributed by atoms with Crippen molar-refractivity contribution in [1.29, 1.82) is 0 Å². The van der Waals surface area contributed by atoms with Crippen molar-refractivity contribution in [2.24, 2.45) is 5.73 Å². The van der Waals surface area contributed by atoms with Gasteiger partial charge in [-0.05, 0) is 18.6 Å². The van der Waals surface area contributed by atoms with Crippen LogP contribution in [0.1, 0.15) is 53.7 Å². The first-order valence-corrected chi connectivity index (χ1v) is 9.32. The van der Waals surface area contributed by atoms with Crippen LogP contribution in [0.5, 0.6) is 0 Å². The Morgan fingerprint density at radius 3 is 1.52 bits per heavy atom. The molecule has 2 aromatic heterocycles. The fraction of sp³-hybridized carbons (Fsp3) is 0.556. The number of hydrogen-bond donors (Lipinski definition) is 3. The summed E-state index contributed by atoms with van der Waals surface area (Å²) in [5.74, 6) is -0.611. The van der Waals surface area contributed by atoms with E-state index >= 15 is 0 Å². The molecule has 2 rings (SSSR count). The van der Waals surface area contributed by atoms with E-state index in [1.165, 1.54) is 14.1 Å². The van der Waals surface area contributed by atoms with E-state index in [0.717, 1.165) is 0 Å². The third-order valence-electron chi connectivity index (χ3n) is 2.37. The number of rotatable bonds is 1. The van der Waals surface area contributed by atoms with Gasteiger partial charge in [0.15, 0.2) is 0 Å². The number of halogens is 8. The molecule has 0 atom stereocenters. The highest BCUT2D eigenvalue weighted by atomic mass is 35.5. The third-order valence-corrected chi connectivity index (χ3v) is 2.84. The van der Waals surface area contributed by atoms with Gasteiger partial charge in [-0.15, -0.1) is 0 Å². The molecule has 0 amide bonds. The molecular weight excluding hydrogens is 499 g/mol. The minimum absolute atomic E-state index is 0. The molecular formula is C18H33Cl2F6N7. The lowest BCUT2D eigenvalue weighted by Gasteiger charge is -2.10. The number of nitrogens with one attached hydrogen (secondary N) is 1. The van der Waals surface area contributed by atoms with E-state index in [1.807, 2.05) is 27.7 Å². The summed E-state index contributed by atoms with van der Waals surface area (Å²) in [6.45, 7) is 8.00. The molecule has 0 spiro atoms. The molecule has 0 aliphatic carbocycles. The first kappa shape index (κ1) is 41.2. The minimum atomic E-state index is -4.54. The van der Waals surface area contributed by atoms with Crippen molar-refractivity contribution >= 4 is 35.0 Å². The Morgan fingerprint density at radius 1 is 0.788 bits per heavy atom. The standard InChI is InChI=1S/C6H5ClF3N3.C5H3ClF3N3.2C2H6.CH5N.2CH4/c1-11-4-3(6(8,9)10)2-12-5(7)13-4;6-3-2(5(7,8)9)1-11-4(10)12-3;3*1-2;;/h2H,1H3,(H,11,12,13);1H,(H2,10,11,12);2*1-2H3;2H2,1H3;2*1H4. The summed E-state index contributed by atoms with van der Waals surface area (Å²) < 4.78 is 72.5. The molecule has 196 valence electrons. The van der Waals surface area contributed by atoms with Crippen molar-refractivity contribution < 1.29 is 26.3 Å². The predicted octanol–water partition coefficient (Wildman–Crippen LogP) is 6.82. The molecule has 0 aromatic carbocycles. The van der Waals surface area contributed by atoms with Gasteiger partial charge in [-0.2, -0.15) is 26.3 Å². The predicted molar refractivity (Wildman–Crippen MR) is 124 cm³/mol. The highest BCUT2D eigenvalue weighted by Crippen LogP contribution is 2.34. The summed E-state index contributed by atoms with van der Waals surface area (Å²) in [4.78, 5) is 13.0. The fourth-order valence-corrected chi connectivity index (χ4v) is 1.70. The maximum Gasteiger partial charge on any atom is 0.421 e. The number of nitrogens with zero attached hydrogens (tertiary/aromatic N) is 4. The quantitative estimate of drug-likeness (QED) is 0.210. The van der Waals surface area contributed by atoms with E-state index in [-0.39, 0.29) is 31.9 Å². The third kappa shape index (κ3) is 16.2. The molecule has 2 heterocycles. The zero-order valence-corrected chi connectivity index (χ0v) is 19.1. The van der Waals surface area contributed by atoms with E-state index < -0.39 is 28.6 Å². The van der Waals surface area contributed by atoms with Crippen LogP contribution < -0.4 is 16.8 Å². The lowest BCUT2D eigenvalue weighted by atomic mass is 10.3. The van der Waals surface area contributed by atoms with Gasteiger partial charge in [-0.1, -0.05) is 54.1 Å². The first-order chi connectivity index (χ1) is 14.4. The number of hydrogen-bond acceptors (Lipinski definition) is 7. The van der Waals surface area contributed by atoms with Crippen LogP contribution >= 0.6 is 23.2 Å². The summed E-state index contributed by atoms with van der Waals surface area (Å²) in [6.07, 6.45) is -7.82. The van der Waals surface area contributed by atoms with Gasteiger partial charge < -0.3 is 16.8 Å². The summed E-state index contributed by atoms with van der Waals surface area (Å²) in [5.41, 5.74) is 7.48. The molecule has 0 saturated heterocycles. The molecule has 0 saturated carbocycles. The Balaban J connectivity index is -0.000000123. The number of alkyl halides is 6. The zero-order valence-electron chi connectivity index (χ0n) is 17.6. The average molecular weight is 532 g/mol. The second kappa shape index (κ2) is 20.5. The van der Waals surface area contributed by atoms with Crippen LogP contribution in [0.4, 0.5) is 38.1 Å². The van der Waals surface area contributed by atoms with Gasteiger partial charge in [-0.25, -0.2) is 19.9 Å². The van der Waals surface area contributed by atoms with Gasteiger partial charge >= 0.3 is 12.4 Å². The SMILES string of the molecule is C.C.CC.CC.CN.CNc1nc(Cl)ncc1C(F)(F)F.Nc1ncc(C(F)(F)F)c(Cl)n1. The van der Waals surface area contributed by atoms with Crippen molar-refractivity contribution in [1.82, 2.24) is 19.9 Å². The van der Waals surface area contributed by atoms with Crippen LogP contribution in [0.3, 0.4) is 0 Å². The van der Waals surface area contributed by atoms with E-state index in [0.29, 0.717) is 12.4 Å². The number of anilines is 2. The molecule has 0 unspecified atom stereocenters. The summed E-state index contributed by atoms with van der Waals surface area (Å²) in [6, 6.07) is 0. The van der Waals surface area contributed by atoms with Crippen molar-refractivity contribution in [2.45, 2.75) is 54.9 Å². The van der Waals surface area contributed by atoms with Crippen LogP contribution in [0, 0.1) is 0 Å². The van der Waals surface area contributed by atoms with Crippen LogP contribution in [0.2, 0.25) is 10.4 Å². The largest absolute Gasteiger partial charge is 0.421 e. The topological polar surface area (TPSA) is 116 Å². The highest BCUT2D eigenvalue weighted by Gasteiger charge is 2.35. The Labute approximate surface area is 201 Å². The lowest BCUT2D eigenvalue weighted by Crippen LogP contribution is -2.11. The molecule has 0 aliphatic heterocycles. The van der Waals surface area contributed by atoms with Crippen molar-refractivity contribution in [3.63, 3.8) is 0 Å². The van der Waals surface area contributed by atoms with Crippen LogP contribution in [0.15, 0.2) is 12.4 Å². The second-order valence-corrected chi connectivity index (χ2v) is 4.78. The Kier molecular flexibility index (Phi) is 25.6. The molecule has 7 nitrogen and oxygen atoms in total. The molecule has 0 bridgehead atoms. The lowest BCUT2D eigenvalue weighted by molar-refractivity contribution is -0.138. The Morgan fingerprint density at radius 2 is 1.18 bits per heavy atom. The van der Waals surface area contributed by atoms with Gasteiger partial charge in [0, 0.05) is 19.4 Å². The van der Waals surface area contributed by atoms with Gasteiger partial charge in [-0.3, -0.25) is 0 Å². The van der Waals surface area contributed by atoms with E-state index in [1.54, 1.807) is 0 Å². The Bertz CT molecular complexity index is 745. The maximum absolute atomic E-state index is 12.2. The molecule has 5 N–H and O–H groups in total. The minimum Gasteiger partial charge on any atom is -0.372 e. The number of nitrogen functional groups attached to an aromatic ring is 1. The van der Waals surface area contributed by atoms with Crippen LogP contribution in [0.25, 0.3) is 0 Å². The molecule has 0 aliphatic rings. The van der Waals surface area contributed by atoms with Gasteiger partial charge in [0.2, 0.25) is 11.2 Å². The average Bonchev–Trinajstić information content (AvgIpc) is 2.71. The highest BCUT2D eigenvalue weighted by molar-refractivity contribution is 6.30. The fourth-order valence-electron chi connectivity index (χ4n) is 1.32. The molecule has 0 fully saturated rings. The van der Waals surface area contributed by atoms with E-state index in [4.69, 9.17) is 28.9 Å². The zero-order chi connectivity index (χ0) is 25.4. The van der Waals surface area contributed by atoms with Crippen molar-refractivity contribution in [2.75, 3.05) is 25.1 Å².